The number of carbonyl (C=O) groups is 2. The molecule has 1 aliphatic rings. The lowest BCUT2D eigenvalue weighted by atomic mass is 9.99. The summed E-state index contributed by atoms with van der Waals surface area (Å²) in [6.07, 6.45) is 0.644. The molecule has 1 aromatic heterocycles. The number of carbonyl (C=O) groups excluding carboxylic acids is 2. The molecule has 1 aromatic carbocycles. The predicted octanol–water partition coefficient (Wildman–Crippen LogP) is 1.55. The van der Waals surface area contributed by atoms with Crippen LogP contribution in [0, 0.1) is 24.0 Å². The number of hydrogen-bond donors (Lipinski definition) is 0. The Morgan fingerprint density at radius 2 is 1.81 bits per heavy atom. The summed E-state index contributed by atoms with van der Waals surface area (Å²) in [6, 6.07) is 3.75. The van der Waals surface area contributed by atoms with Crippen LogP contribution in [0.2, 0.25) is 0 Å². The molecular formula is C20H24N4O7. The highest BCUT2D eigenvalue weighted by molar-refractivity contribution is 5.81. The monoisotopic (exact) mass is 432 g/mol. The maximum absolute atomic E-state index is 12.5. The summed E-state index contributed by atoms with van der Waals surface area (Å²) in [6.45, 7) is 3.13. The first-order valence-corrected chi connectivity index (χ1v) is 9.60. The predicted molar refractivity (Wildman–Crippen MR) is 108 cm³/mol. The van der Waals surface area contributed by atoms with Gasteiger partial charge in [-0.3, -0.25) is 24.4 Å². The van der Waals surface area contributed by atoms with Crippen LogP contribution in [-0.2, 0) is 33.8 Å². The molecule has 0 aliphatic carbocycles. The van der Waals surface area contributed by atoms with Crippen molar-refractivity contribution in [3.05, 3.63) is 44.8 Å². The van der Waals surface area contributed by atoms with Gasteiger partial charge in [0.2, 0.25) is 0 Å². The van der Waals surface area contributed by atoms with E-state index in [9.17, 15) is 19.7 Å². The first kappa shape index (κ1) is 22.1. The SMILES string of the molecule is COc1cc2c(cc1OC)CN(C(=O)COC(=O)Cn1nc(C)c([N+](=O)[O-])c1C)CC2. The smallest absolute Gasteiger partial charge is 0.328 e. The Morgan fingerprint density at radius 3 is 2.39 bits per heavy atom. The number of rotatable bonds is 7. The minimum Gasteiger partial charge on any atom is -0.493 e. The minimum atomic E-state index is -0.697. The summed E-state index contributed by atoms with van der Waals surface area (Å²) in [5.41, 5.74) is 2.35. The van der Waals surface area contributed by atoms with Crippen molar-refractivity contribution in [1.82, 2.24) is 14.7 Å². The molecule has 0 saturated carbocycles. The van der Waals surface area contributed by atoms with E-state index in [0.717, 1.165) is 11.1 Å². The van der Waals surface area contributed by atoms with E-state index in [0.29, 0.717) is 31.0 Å². The van der Waals surface area contributed by atoms with Gasteiger partial charge in [-0.15, -0.1) is 0 Å². The summed E-state index contributed by atoms with van der Waals surface area (Å²) in [5, 5.41) is 15.1. The zero-order valence-electron chi connectivity index (χ0n) is 17.8. The molecule has 0 unspecified atom stereocenters. The first-order valence-electron chi connectivity index (χ1n) is 9.60. The average Bonchev–Trinajstić information content (AvgIpc) is 3.03. The maximum Gasteiger partial charge on any atom is 0.328 e. The highest BCUT2D eigenvalue weighted by atomic mass is 16.6. The topological polar surface area (TPSA) is 126 Å². The Morgan fingerprint density at radius 1 is 1.16 bits per heavy atom. The summed E-state index contributed by atoms with van der Waals surface area (Å²) in [7, 11) is 3.12. The van der Waals surface area contributed by atoms with Gasteiger partial charge < -0.3 is 19.1 Å². The van der Waals surface area contributed by atoms with Gasteiger partial charge >= 0.3 is 11.7 Å². The van der Waals surface area contributed by atoms with Crippen molar-refractivity contribution in [2.45, 2.75) is 33.4 Å². The molecule has 1 aliphatic heterocycles. The van der Waals surface area contributed by atoms with Gasteiger partial charge in [0.25, 0.3) is 5.91 Å². The van der Waals surface area contributed by atoms with Gasteiger partial charge in [-0.2, -0.15) is 5.10 Å². The van der Waals surface area contributed by atoms with Gasteiger partial charge in [0.15, 0.2) is 18.1 Å². The highest BCUT2D eigenvalue weighted by Crippen LogP contribution is 2.33. The Kier molecular flexibility index (Phi) is 6.42. The lowest BCUT2D eigenvalue weighted by molar-refractivity contribution is -0.386. The summed E-state index contributed by atoms with van der Waals surface area (Å²) >= 11 is 0. The molecule has 0 radical (unpaired) electrons. The van der Waals surface area contributed by atoms with Crippen molar-refractivity contribution >= 4 is 17.6 Å². The van der Waals surface area contributed by atoms with E-state index >= 15 is 0 Å². The number of aromatic nitrogens is 2. The summed E-state index contributed by atoms with van der Waals surface area (Å²) in [4.78, 5) is 36.8. The van der Waals surface area contributed by atoms with E-state index in [4.69, 9.17) is 14.2 Å². The van der Waals surface area contributed by atoms with Crippen molar-refractivity contribution in [1.29, 1.82) is 0 Å². The van der Waals surface area contributed by atoms with Crippen LogP contribution >= 0.6 is 0 Å². The number of methoxy groups -OCH3 is 2. The molecule has 0 saturated heterocycles. The Hall–Kier alpha value is -3.63. The number of nitrogens with zero attached hydrogens (tertiary/aromatic N) is 4. The van der Waals surface area contributed by atoms with Crippen LogP contribution in [0.4, 0.5) is 5.69 Å². The van der Waals surface area contributed by atoms with E-state index in [1.807, 2.05) is 12.1 Å². The molecule has 0 spiro atoms. The van der Waals surface area contributed by atoms with Gasteiger partial charge in [0, 0.05) is 13.1 Å². The first-order chi connectivity index (χ1) is 14.7. The van der Waals surface area contributed by atoms with Gasteiger partial charge in [-0.05, 0) is 43.5 Å². The zero-order chi connectivity index (χ0) is 22.7. The third kappa shape index (κ3) is 4.60. The second-order valence-electron chi connectivity index (χ2n) is 7.14. The molecule has 2 heterocycles. The van der Waals surface area contributed by atoms with Gasteiger partial charge in [-0.25, -0.2) is 0 Å². The second-order valence-corrected chi connectivity index (χ2v) is 7.14. The van der Waals surface area contributed by atoms with Crippen molar-refractivity contribution in [3.8, 4) is 11.5 Å². The molecule has 0 bridgehead atoms. The average molecular weight is 432 g/mol. The fourth-order valence-corrected chi connectivity index (χ4v) is 3.60. The quantitative estimate of drug-likeness (QED) is 0.366. The van der Waals surface area contributed by atoms with Crippen LogP contribution in [0.5, 0.6) is 11.5 Å². The molecule has 166 valence electrons. The van der Waals surface area contributed by atoms with E-state index in [1.165, 1.54) is 18.5 Å². The van der Waals surface area contributed by atoms with Crippen LogP contribution in [-0.4, -0.2) is 58.9 Å². The third-order valence-corrected chi connectivity index (χ3v) is 5.23. The van der Waals surface area contributed by atoms with E-state index < -0.39 is 17.5 Å². The van der Waals surface area contributed by atoms with Crippen molar-refractivity contribution < 1.29 is 28.7 Å². The Bertz CT molecular complexity index is 1030. The molecule has 31 heavy (non-hydrogen) atoms. The number of esters is 1. The Balaban J connectivity index is 1.59. The largest absolute Gasteiger partial charge is 0.493 e. The maximum atomic E-state index is 12.5. The summed E-state index contributed by atoms with van der Waals surface area (Å²) in [5.74, 6) is 0.200. The molecule has 3 rings (SSSR count). The number of nitro groups is 1. The summed E-state index contributed by atoms with van der Waals surface area (Å²) < 4.78 is 16.9. The number of amides is 1. The number of ether oxygens (including phenoxy) is 3. The lowest BCUT2D eigenvalue weighted by Gasteiger charge is -2.29. The van der Waals surface area contributed by atoms with Crippen LogP contribution in [0.1, 0.15) is 22.5 Å². The number of aryl methyl sites for hydroxylation is 1. The zero-order valence-corrected chi connectivity index (χ0v) is 17.8. The number of hydrogen-bond acceptors (Lipinski definition) is 8. The fourth-order valence-electron chi connectivity index (χ4n) is 3.60. The standard InChI is InChI=1S/C20H24N4O7/c1-12-20(24(27)28)13(2)23(21-12)10-19(26)31-11-18(25)22-6-5-14-7-16(29-3)17(30-4)8-15(14)9-22/h7-8H,5-6,9-11H2,1-4H3. The van der Waals surface area contributed by atoms with Gasteiger partial charge in [-0.1, -0.05) is 0 Å². The molecule has 2 aromatic rings. The van der Waals surface area contributed by atoms with Gasteiger partial charge in [0.1, 0.15) is 17.9 Å². The van der Waals surface area contributed by atoms with Crippen molar-refractivity contribution in [3.63, 3.8) is 0 Å². The molecule has 11 heteroatoms. The molecule has 0 N–H and O–H groups in total. The molecule has 11 nitrogen and oxygen atoms in total. The van der Waals surface area contributed by atoms with Crippen molar-refractivity contribution in [2.24, 2.45) is 0 Å². The Labute approximate surface area is 178 Å². The third-order valence-electron chi connectivity index (χ3n) is 5.23. The van der Waals surface area contributed by atoms with Crippen LogP contribution < -0.4 is 9.47 Å². The van der Waals surface area contributed by atoms with Crippen molar-refractivity contribution in [2.75, 3.05) is 27.4 Å². The minimum absolute atomic E-state index is 0.136. The van der Waals surface area contributed by atoms with E-state index in [-0.39, 0.29) is 29.5 Å². The van der Waals surface area contributed by atoms with Crippen LogP contribution in [0.15, 0.2) is 12.1 Å². The lowest BCUT2D eigenvalue weighted by Crippen LogP contribution is -2.38. The van der Waals surface area contributed by atoms with E-state index in [2.05, 4.69) is 5.10 Å². The number of fused-ring (bicyclic) bond motifs is 1. The van der Waals surface area contributed by atoms with Crippen LogP contribution in [0.25, 0.3) is 0 Å². The normalized spacial score (nSPS) is 12.8. The fraction of sp³-hybridized carbons (Fsp3) is 0.450. The molecule has 1 amide bonds. The van der Waals surface area contributed by atoms with Gasteiger partial charge in [0.05, 0.1) is 19.1 Å². The number of benzene rings is 1. The van der Waals surface area contributed by atoms with E-state index in [1.54, 1.807) is 19.1 Å². The highest BCUT2D eigenvalue weighted by Gasteiger charge is 2.25. The molecule has 0 atom stereocenters. The van der Waals surface area contributed by atoms with Crippen LogP contribution in [0.3, 0.4) is 0 Å². The second kappa shape index (κ2) is 9.02. The molecular weight excluding hydrogens is 408 g/mol. The molecule has 0 fully saturated rings.